The summed E-state index contributed by atoms with van der Waals surface area (Å²) in [6.07, 6.45) is 1.88. The van der Waals surface area contributed by atoms with Crippen LogP contribution in [0.25, 0.3) is 0 Å². The monoisotopic (exact) mass is 405 g/mol. The molecule has 3 heterocycles. The molecule has 0 fully saturated rings. The van der Waals surface area contributed by atoms with Gasteiger partial charge >= 0.3 is 0 Å². The summed E-state index contributed by atoms with van der Waals surface area (Å²) in [6.45, 7) is 3.77. The second-order valence-corrected chi connectivity index (χ2v) is 7.74. The van der Waals surface area contributed by atoms with Crippen molar-refractivity contribution in [3.63, 3.8) is 0 Å². The number of nitrogens with one attached hydrogen (secondary N) is 1. The number of amides is 2. The molecule has 0 bridgehead atoms. The van der Waals surface area contributed by atoms with Crippen LogP contribution in [0.15, 0.2) is 12.1 Å². The van der Waals surface area contributed by atoms with Crippen molar-refractivity contribution in [3.8, 4) is 5.75 Å². The molecule has 2 atom stereocenters. The highest BCUT2D eigenvalue weighted by atomic mass is 19.1. The van der Waals surface area contributed by atoms with Crippen molar-refractivity contribution >= 4 is 17.5 Å². The smallest absolute Gasteiger partial charge is 0.288 e. The first kappa shape index (κ1) is 19.3. The predicted molar refractivity (Wildman–Crippen MR) is 98.3 cm³/mol. The van der Waals surface area contributed by atoms with Gasteiger partial charge in [0.1, 0.15) is 29.7 Å². The molecule has 0 saturated carbocycles. The zero-order chi connectivity index (χ0) is 20.9. The van der Waals surface area contributed by atoms with E-state index < -0.39 is 34.9 Å². The van der Waals surface area contributed by atoms with Crippen molar-refractivity contribution in [3.05, 3.63) is 35.4 Å². The number of carbonyl (C=O) groups is 2. The SMILES string of the molecule is CC(C)C1([C@H]2COc3cc(F)cc(F)c3NC2=O)CCCc2nc(C(N)=O)nn21. The van der Waals surface area contributed by atoms with Crippen molar-refractivity contribution in [2.75, 3.05) is 11.9 Å². The maximum atomic E-state index is 14.2. The lowest BCUT2D eigenvalue weighted by molar-refractivity contribution is -0.127. The number of anilines is 1. The Labute approximate surface area is 165 Å². The lowest BCUT2D eigenvalue weighted by Gasteiger charge is -2.45. The zero-order valence-electron chi connectivity index (χ0n) is 16.0. The Balaban J connectivity index is 1.81. The Morgan fingerprint density at radius 3 is 2.86 bits per heavy atom. The first-order valence-corrected chi connectivity index (χ1v) is 9.43. The minimum Gasteiger partial charge on any atom is -0.490 e. The van der Waals surface area contributed by atoms with Gasteiger partial charge in [0.25, 0.3) is 5.91 Å². The molecule has 0 spiro atoms. The summed E-state index contributed by atoms with van der Waals surface area (Å²) in [7, 11) is 0. The van der Waals surface area contributed by atoms with Crippen LogP contribution in [-0.2, 0) is 16.8 Å². The molecule has 2 aliphatic heterocycles. The van der Waals surface area contributed by atoms with E-state index in [9.17, 15) is 18.4 Å². The summed E-state index contributed by atoms with van der Waals surface area (Å²) in [6, 6.07) is 1.73. The normalized spacial score (nSPS) is 23.6. The number of hydrogen-bond donors (Lipinski definition) is 2. The Kier molecular flexibility index (Phi) is 4.51. The van der Waals surface area contributed by atoms with Crippen molar-refractivity contribution in [2.24, 2.45) is 17.6 Å². The van der Waals surface area contributed by atoms with Crippen LogP contribution in [0.4, 0.5) is 14.5 Å². The number of aryl methyl sites for hydroxylation is 1. The molecule has 1 aromatic carbocycles. The average Bonchev–Trinajstić information content (AvgIpc) is 3.02. The van der Waals surface area contributed by atoms with E-state index in [0.717, 1.165) is 12.5 Å². The van der Waals surface area contributed by atoms with Crippen molar-refractivity contribution < 1.29 is 23.1 Å². The van der Waals surface area contributed by atoms with Crippen LogP contribution in [0.5, 0.6) is 5.75 Å². The van der Waals surface area contributed by atoms with Gasteiger partial charge in [0.2, 0.25) is 11.7 Å². The lowest BCUT2D eigenvalue weighted by Crippen LogP contribution is -2.54. The molecular formula is C19H21F2N5O3. The van der Waals surface area contributed by atoms with E-state index in [-0.39, 0.29) is 29.8 Å². The number of aromatic nitrogens is 3. The van der Waals surface area contributed by atoms with Crippen LogP contribution < -0.4 is 15.8 Å². The molecule has 2 aromatic rings. The van der Waals surface area contributed by atoms with Crippen molar-refractivity contribution in [1.29, 1.82) is 0 Å². The summed E-state index contributed by atoms with van der Waals surface area (Å²) in [5, 5.41) is 6.85. The number of fused-ring (bicyclic) bond motifs is 2. The second-order valence-electron chi connectivity index (χ2n) is 7.74. The maximum Gasteiger partial charge on any atom is 0.288 e. The average molecular weight is 405 g/mol. The van der Waals surface area contributed by atoms with E-state index in [1.165, 1.54) is 0 Å². The third-order valence-corrected chi connectivity index (χ3v) is 5.86. The Morgan fingerprint density at radius 1 is 1.41 bits per heavy atom. The molecule has 10 heteroatoms. The first-order chi connectivity index (χ1) is 13.7. The van der Waals surface area contributed by atoms with Crippen LogP contribution >= 0.6 is 0 Å². The highest BCUT2D eigenvalue weighted by molar-refractivity contribution is 5.95. The van der Waals surface area contributed by atoms with Crippen LogP contribution in [0.1, 0.15) is 43.1 Å². The number of carbonyl (C=O) groups excluding carboxylic acids is 2. The van der Waals surface area contributed by atoms with E-state index in [2.05, 4.69) is 15.4 Å². The molecule has 2 aliphatic rings. The molecule has 0 saturated heterocycles. The van der Waals surface area contributed by atoms with Crippen LogP contribution in [0.2, 0.25) is 0 Å². The fourth-order valence-corrected chi connectivity index (χ4v) is 4.45. The molecule has 4 rings (SSSR count). The van der Waals surface area contributed by atoms with Gasteiger partial charge < -0.3 is 15.8 Å². The van der Waals surface area contributed by atoms with Gasteiger partial charge in [-0.3, -0.25) is 9.59 Å². The van der Waals surface area contributed by atoms with E-state index >= 15 is 0 Å². The maximum absolute atomic E-state index is 14.2. The Bertz CT molecular complexity index is 1010. The van der Waals surface area contributed by atoms with Crippen LogP contribution in [0.3, 0.4) is 0 Å². The van der Waals surface area contributed by atoms with Gasteiger partial charge in [-0.15, -0.1) is 5.10 Å². The molecule has 154 valence electrons. The number of halogens is 2. The summed E-state index contributed by atoms with van der Waals surface area (Å²) < 4.78 is 35.1. The third-order valence-electron chi connectivity index (χ3n) is 5.86. The Morgan fingerprint density at radius 2 is 2.17 bits per heavy atom. The molecule has 1 unspecified atom stereocenters. The number of nitrogens with zero attached hydrogens (tertiary/aromatic N) is 3. The predicted octanol–water partition coefficient (Wildman–Crippen LogP) is 1.99. The van der Waals surface area contributed by atoms with Crippen molar-refractivity contribution in [1.82, 2.24) is 14.8 Å². The standard InChI is InChI=1S/C19H21F2N5O3/c1-9(2)19(5-3-4-14-23-17(16(22)27)25-26(14)19)11-8-29-13-7-10(20)6-12(21)15(13)24-18(11)28/h6-7,9,11H,3-5,8H2,1-2H3,(H2,22,27)(H,24,28)/t11-,19?/m0/s1. The van der Waals surface area contributed by atoms with Gasteiger partial charge in [0.05, 0.1) is 11.5 Å². The number of hydrogen-bond acceptors (Lipinski definition) is 5. The summed E-state index contributed by atoms with van der Waals surface area (Å²) >= 11 is 0. The number of rotatable bonds is 3. The van der Waals surface area contributed by atoms with Crippen LogP contribution in [0, 0.1) is 23.5 Å². The summed E-state index contributed by atoms with van der Waals surface area (Å²) in [5.41, 5.74) is 4.30. The fourth-order valence-electron chi connectivity index (χ4n) is 4.45. The zero-order valence-corrected chi connectivity index (χ0v) is 16.0. The minimum atomic E-state index is -0.909. The largest absolute Gasteiger partial charge is 0.490 e. The molecule has 0 aliphatic carbocycles. The molecular weight excluding hydrogens is 384 g/mol. The number of nitrogens with two attached hydrogens (primary N) is 1. The molecule has 29 heavy (non-hydrogen) atoms. The number of primary amides is 1. The first-order valence-electron chi connectivity index (χ1n) is 9.43. The quantitative estimate of drug-likeness (QED) is 0.811. The second kappa shape index (κ2) is 6.78. The van der Waals surface area contributed by atoms with Gasteiger partial charge in [0.15, 0.2) is 5.82 Å². The molecule has 8 nitrogen and oxygen atoms in total. The molecule has 3 N–H and O–H groups in total. The molecule has 2 amide bonds. The van der Waals surface area contributed by atoms with Gasteiger partial charge in [-0.25, -0.2) is 18.4 Å². The summed E-state index contributed by atoms with van der Waals surface area (Å²) in [5.74, 6) is -3.43. The number of ether oxygens (including phenoxy) is 1. The van der Waals surface area contributed by atoms with E-state index in [4.69, 9.17) is 10.5 Å². The lowest BCUT2D eigenvalue weighted by atomic mass is 9.70. The van der Waals surface area contributed by atoms with Gasteiger partial charge in [0, 0.05) is 18.6 Å². The van der Waals surface area contributed by atoms with Crippen molar-refractivity contribution in [2.45, 2.75) is 38.6 Å². The Hall–Kier alpha value is -3.04. The highest BCUT2D eigenvalue weighted by Crippen LogP contribution is 2.45. The highest BCUT2D eigenvalue weighted by Gasteiger charge is 2.52. The van der Waals surface area contributed by atoms with Gasteiger partial charge in [-0.2, -0.15) is 0 Å². The van der Waals surface area contributed by atoms with E-state index in [1.807, 2.05) is 13.8 Å². The van der Waals surface area contributed by atoms with E-state index in [1.54, 1.807) is 4.68 Å². The minimum absolute atomic E-state index is 0.0651. The van der Waals surface area contributed by atoms with E-state index in [0.29, 0.717) is 24.7 Å². The van der Waals surface area contributed by atoms with Gasteiger partial charge in [-0.1, -0.05) is 13.8 Å². The van der Waals surface area contributed by atoms with Gasteiger partial charge in [-0.05, 0) is 18.8 Å². The third kappa shape index (κ3) is 2.93. The molecule has 1 aromatic heterocycles. The topological polar surface area (TPSA) is 112 Å². The van der Waals surface area contributed by atoms with Crippen LogP contribution in [-0.4, -0.2) is 33.2 Å². The summed E-state index contributed by atoms with van der Waals surface area (Å²) in [4.78, 5) is 29.0. The number of benzene rings is 1. The fraction of sp³-hybridized carbons (Fsp3) is 0.474. The molecule has 0 radical (unpaired) electrons.